The number of carboxylic acids is 1. The lowest BCUT2D eigenvalue weighted by Gasteiger charge is -2.35. The minimum Gasteiger partial charge on any atom is -0.480 e. The topological polar surface area (TPSA) is 78.6 Å². The Labute approximate surface area is 138 Å². The lowest BCUT2D eigenvalue weighted by atomic mass is 9.99. The van der Waals surface area contributed by atoms with E-state index in [0.717, 1.165) is 11.5 Å². The summed E-state index contributed by atoms with van der Waals surface area (Å²) < 4.78 is 1.92. The third-order valence-electron chi connectivity index (χ3n) is 4.13. The van der Waals surface area contributed by atoms with E-state index in [1.807, 2.05) is 33.9 Å². The maximum atomic E-state index is 11.4. The van der Waals surface area contributed by atoms with E-state index in [4.69, 9.17) is 11.6 Å². The van der Waals surface area contributed by atoms with Crippen molar-refractivity contribution in [3.8, 4) is 5.82 Å². The molecule has 122 valence electrons. The summed E-state index contributed by atoms with van der Waals surface area (Å²) in [4.78, 5) is 17.6. The molecular formula is C16H18ClN3O3. The maximum absolute atomic E-state index is 11.4. The lowest BCUT2D eigenvalue weighted by Crippen LogP contribution is -2.48. The highest BCUT2D eigenvalue weighted by Gasteiger charge is 2.32. The SMILES string of the molecule is O=C(O)[C@H]1C[C@@H](O)CCN1Cc1cccn1-c1ccc(Cl)cn1. The van der Waals surface area contributed by atoms with E-state index in [2.05, 4.69) is 4.98 Å². The van der Waals surface area contributed by atoms with Crippen molar-refractivity contribution in [3.05, 3.63) is 47.4 Å². The van der Waals surface area contributed by atoms with Crippen molar-refractivity contribution in [1.29, 1.82) is 0 Å². The van der Waals surface area contributed by atoms with Crippen LogP contribution in [0.4, 0.5) is 0 Å². The number of carboxylic acid groups (broad SMARTS) is 1. The molecule has 0 saturated carbocycles. The Kier molecular flexibility index (Phi) is 4.66. The molecule has 0 bridgehead atoms. The second-order valence-corrected chi connectivity index (χ2v) is 6.14. The number of aliphatic carboxylic acids is 1. The molecule has 2 aromatic rings. The lowest BCUT2D eigenvalue weighted by molar-refractivity contribution is -0.147. The molecule has 3 rings (SSSR count). The molecule has 3 heterocycles. The van der Waals surface area contributed by atoms with Gasteiger partial charge in [0.15, 0.2) is 0 Å². The molecule has 1 aliphatic rings. The van der Waals surface area contributed by atoms with Gasteiger partial charge >= 0.3 is 5.97 Å². The summed E-state index contributed by atoms with van der Waals surface area (Å²) in [6.07, 6.45) is 3.77. The largest absolute Gasteiger partial charge is 0.480 e. The van der Waals surface area contributed by atoms with Crippen LogP contribution in [0.15, 0.2) is 36.7 Å². The zero-order valence-electron chi connectivity index (χ0n) is 12.5. The molecule has 2 N–H and O–H groups in total. The molecule has 0 unspecified atom stereocenters. The molecule has 1 fully saturated rings. The molecular weight excluding hydrogens is 318 g/mol. The van der Waals surface area contributed by atoms with Crippen LogP contribution >= 0.6 is 11.6 Å². The van der Waals surface area contributed by atoms with Crippen molar-refractivity contribution in [3.63, 3.8) is 0 Å². The van der Waals surface area contributed by atoms with Gasteiger partial charge in [-0.2, -0.15) is 0 Å². The Balaban J connectivity index is 1.82. The van der Waals surface area contributed by atoms with Crippen LogP contribution in [0, 0.1) is 0 Å². The van der Waals surface area contributed by atoms with Crippen molar-refractivity contribution in [2.45, 2.75) is 31.5 Å². The third kappa shape index (κ3) is 3.55. The number of aliphatic hydroxyl groups is 1. The zero-order valence-corrected chi connectivity index (χ0v) is 13.2. The number of pyridine rings is 1. The van der Waals surface area contributed by atoms with Gasteiger partial charge in [-0.25, -0.2) is 4.98 Å². The second kappa shape index (κ2) is 6.70. The number of nitrogens with zero attached hydrogens (tertiary/aromatic N) is 3. The fourth-order valence-electron chi connectivity index (χ4n) is 2.93. The monoisotopic (exact) mass is 335 g/mol. The first-order chi connectivity index (χ1) is 11.0. The number of likely N-dealkylation sites (tertiary alicyclic amines) is 1. The van der Waals surface area contributed by atoms with Gasteiger partial charge in [-0.3, -0.25) is 9.69 Å². The minimum atomic E-state index is -0.897. The number of aromatic nitrogens is 2. The van der Waals surface area contributed by atoms with Gasteiger partial charge in [0.2, 0.25) is 0 Å². The number of hydrogen-bond donors (Lipinski definition) is 2. The van der Waals surface area contributed by atoms with Crippen LogP contribution in [0.3, 0.4) is 0 Å². The highest BCUT2D eigenvalue weighted by molar-refractivity contribution is 6.30. The number of rotatable bonds is 4. The quantitative estimate of drug-likeness (QED) is 0.892. The minimum absolute atomic E-state index is 0.259. The highest BCUT2D eigenvalue weighted by atomic mass is 35.5. The van der Waals surface area contributed by atoms with Crippen LogP contribution in [-0.2, 0) is 11.3 Å². The van der Waals surface area contributed by atoms with Crippen LogP contribution in [-0.4, -0.2) is 49.3 Å². The summed E-state index contributed by atoms with van der Waals surface area (Å²) in [6.45, 7) is 1.04. The first-order valence-corrected chi connectivity index (χ1v) is 7.85. The molecule has 1 aliphatic heterocycles. The summed E-state index contributed by atoms with van der Waals surface area (Å²) in [5, 5.41) is 19.7. The molecule has 7 heteroatoms. The molecule has 0 spiro atoms. The van der Waals surface area contributed by atoms with Crippen LogP contribution in [0.25, 0.3) is 5.82 Å². The molecule has 0 amide bonds. The summed E-state index contributed by atoms with van der Waals surface area (Å²) in [5.74, 6) is -0.162. The van der Waals surface area contributed by atoms with Gasteiger partial charge in [0, 0.05) is 31.2 Å². The first-order valence-electron chi connectivity index (χ1n) is 7.47. The van der Waals surface area contributed by atoms with Crippen molar-refractivity contribution < 1.29 is 15.0 Å². The van der Waals surface area contributed by atoms with Gasteiger partial charge in [-0.05, 0) is 37.1 Å². The maximum Gasteiger partial charge on any atom is 0.321 e. The molecule has 0 aliphatic carbocycles. The Morgan fingerprint density at radius 2 is 2.22 bits per heavy atom. The summed E-state index contributed by atoms with van der Waals surface area (Å²) >= 11 is 5.87. The average Bonchev–Trinajstić information content (AvgIpc) is 2.98. The van der Waals surface area contributed by atoms with Gasteiger partial charge in [-0.1, -0.05) is 11.6 Å². The molecule has 1 saturated heterocycles. The average molecular weight is 336 g/mol. The fourth-order valence-corrected chi connectivity index (χ4v) is 3.04. The predicted molar refractivity (Wildman–Crippen MR) is 85.6 cm³/mol. The highest BCUT2D eigenvalue weighted by Crippen LogP contribution is 2.22. The number of halogens is 1. The molecule has 2 aromatic heterocycles. The van der Waals surface area contributed by atoms with Crippen molar-refractivity contribution in [2.24, 2.45) is 0 Å². The Morgan fingerprint density at radius 1 is 1.39 bits per heavy atom. The predicted octanol–water partition coefficient (Wildman–Crippen LogP) is 1.94. The third-order valence-corrected chi connectivity index (χ3v) is 4.35. The molecule has 6 nitrogen and oxygen atoms in total. The number of carbonyl (C=O) groups is 1. The van der Waals surface area contributed by atoms with Gasteiger partial charge in [0.05, 0.1) is 11.1 Å². The van der Waals surface area contributed by atoms with Crippen LogP contribution in [0.1, 0.15) is 18.5 Å². The van der Waals surface area contributed by atoms with Crippen molar-refractivity contribution in [1.82, 2.24) is 14.5 Å². The van der Waals surface area contributed by atoms with Crippen LogP contribution < -0.4 is 0 Å². The smallest absolute Gasteiger partial charge is 0.321 e. The summed E-state index contributed by atoms with van der Waals surface area (Å²) in [5.41, 5.74) is 0.947. The van der Waals surface area contributed by atoms with E-state index in [0.29, 0.717) is 24.5 Å². The molecule has 2 atom stereocenters. The Morgan fingerprint density at radius 3 is 2.91 bits per heavy atom. The van der Waals surface area contributed by atoms with Crippen molar-refractivity contribution >= 4 is 17.6 Å². The van der Waals surface area contributed by atoms with E-state index < -0.39 is 18.1 Å². The van der Waals surface area contributed by atoms with Gasteiger partial charge in [0.25, 0.3) is 0 Å². The van der Waals surface area contributed by atoms with E-state index in [1.165, 1.54) is 0 Å². The molecule has 23 heavy (non-hydrogen) atoms. The number of hydrogen-bond acceptors (Lipinski definition) is 4. The van der Waals surface area contributed by atoms with Gasteiger partial charge in [-0.15, -0.1) is 0 Å². The molecule has 0 radical (unpaired) electrons. The van der Waals surface area contributed by atoms with Gasteiger partial charge in [0.1, 0.15) is 11.9 Å². The fraction of sp³-hybridized carbons (Fsp3) is 0.375. The van der Waals surface area contributed by atoms with Crippen molar-refractivity contribution in [2.75, 3.05) is 6.54 Å². The number of piperidine rings is 1. The summed E-state index contributed by atoms with van der Waals surface area (Å²) in [6, 6.07) is 6.77. The standard InChI is InChI=1S/C16H18ClN3O3/c17-11-3-4-15(18-9-11)20-6-1-2-12(20)10-19-7-5-13(21)8-14(19)16(22)23/h1-4,6,9,13-14,21H,5,7-8,10H2,(H,22,23)/t13-,14+/m0/s1. The van der Waals surface area contributed by atoms with E-state index >= 15 is 0 Å². The second-order valence-electron chi connectivity index (χ2n) is 5.71. The number of aliphatic hydroxyl groups excluding tert-OH is 1. The van der Waals surface area contributed by atoms with E-state index in [9.17, 15) is 15.0 Å². The zero-order chi connectivity index (χ0) is 16.4. The van der Waals surface area contributed by atoms with E-state index in [-0.39, 0.29) is 6.42 Å². The Bertz CT molecular complexity index is 686. The van der Waals surface area contributed by atoms with E-state index in [1.54, 1.807) is 12.3 Å². The Hall–Kier alpha value is -1.89. The van der Waals surface area contributed by atoms with Crippen LogP contribution in [0.2, 0.25) is 5.02 Å². The normalized spacial score (nSPS) is 22.2. The van der Waals surface area contributed by atoms with Gasteiger partial charge < -0.3 is 14.8 Å². The first kappa shape index (κ1) is 16.0. The summed E-state index contributed by atoms with van der Waals surface area (Å²) in [7, 11) is 0. The van der Waals surface area contributed by atoms with Crippen LogP contribution in [0.5, 0.6) is 0 Å². The molecule has 0 aromatic carbocycles.